The summed E-state index contributed by atoms with van der Waals surface area (Å²) < 4.78 is 0. The fourth-order valence-corrected chi connectivity index (χ4v) is 2.41. The van der Waals surface area contributed by atoms with Crippen LogP contribution in [-0.4, -0.2) is 5.78 Å². The summed E-state index contributed by atoms with van der Waals surface area (Å²) in [6, 6.07) is 9.57. The molecule has 2 unspecified atom stereocenters. The number of benzene rings is 1. The van der Waals surface area contributed by atoms with Crippen molar-refractivity contribution in [3.8, 4) is 0 Å². The summed E-state index contributed by atoms with van der Waals surface area (Å²) in [5.74, 6) is 0.877. The standard InChI is InChI=1S/C16H18O/c1-2-7-13-8-6-11-15(12-13)16(17)14-9-4-3-5-10-14/h2-6,9-11,13,15H,1,7-8,12H2. The van der Waals surface area contributed by atoms with Gasteiger partial charge < -0.3 is 0 Å². The highest BCUT2D eigenvalue weighted by Gasteiger charge is 2.23. The Bertz CT molecular complexity index is 416. The van der Waals surface area contributed by atoms with Crippen LogP contribution in [0.15, 0.2) is 55.1 Å². The third kappa shape index (κ3) is 2.94. The quantitative estimate of drug-likeness (QED) is 0.559. The lowest BCUT2D eigenvalue weighted by atomic mass is 9.81. The van der Waals surface area contributed by atoms with E-state index >= 15 is 0 Å². The van der Waals surface area contributed by atoms with E-state index in [0.29, 0.717) is 5.92 Å². The number of hydrogen-bond donors (Lipinski definition) is 0. The van der Waals surface area contributed by atoms with Crippen molar-refractivity contribution in [2.24, 2.45) is 11.8 Å². The van der Waals surface area contributed by atoms with Crippen LogP contribution in [0, 0.1) is 11.8 Å². The van der Waals surface area contributed by atoms with E-state index in [1.165, 1.54) is 0 Å². The molecule has 1 aliphatic carbocycles. The van der Waals surface area contributed by atoms with Gasteiger partial charge in [-0.15, -0.1) is 6.58 Å². The molecular weight excluding hydrogens is 208 g/mol. The summed E-state index contributed by atoms with van der Waals surface area (Å²) in [6.07, 6.45) is 9.19. The summed E-state index contributed by atoms with van der Waals surface area (Å²) in [5, 5.41) is 0. The van der Waals surface area contributed by atoms with Gasteiger partial charge in [-0.2, -0.15) is 0 Å². The molecule has 0 heterocycles. The van der Waals surface area contributed by atoms with Crippen molar-refractivity contribution in [2.75, 3.05) is 0 Å². The molecule has 1 aliphatic rings. The monoisotopic (exact) mass is 226 g/mol. The molecule has 0 saturated heterocycles. The molecule has 0 aromatic heterocycles. The number of carbonyl (C=O) groups is 1. The fraction of sp³-hybridized carbons (Fsp3) is 0.312. The van der Waals surface area contributed by atoms with Crippen LogP contribution in [0.4, 0.5) is 0 Å². The van der Waals surface area contributed by atoms with Gasteiger partial charge in [0.1, 0.15) is 0 Å². The van der Waals surface area contributed by atoms with Crippen LogP contribution in [0.25, 0.3) is 0 Å². The van der Waals surface area contributed by atoms with Crippen molar-refractivity contribution in [2.45, 2.75) is 19.3 Å². The minimum absolute atomic E-state index is 0.0519. The zero-order chi connectivity index (χ0) is 12.1. The molecule has 1 heteroatoms. The molecular formula is C16H18O. The van der Waals surface area contributed by atoms with E-state index < -0.39 is 0 Å². The third-order valence-corrected chi connectivity index (χ3v) is 3.32. The van der Waals surface area contributed by atoms with E-state index in [1.54, 1.807) is 0 Å². The Morgan fingerprint density at radius 1 is 1.35 bits per heavy atom. The summed E-state index contributed by atoms with van der Waals surface area (Å²) in [4.78, 5) is 12.3. The van der Waals surface area contributed by atoms with Gasteiger partial charge in [0, 0.05) is 11.5 Å². The van der Waals surface area contributed by atoms with Gasteiger partial charge in [0.25, 0.3) is 0 Å². The predicted octanol–water partition coefficient (Wildman–Crippen LogP) is 4.03. The first-order valence-corrected chi connectivity index (χ1v) is 6.18. The number of ketones is 1. The maximum atomic E-state index is 12.3. The first-order valence-electron chi connectivity index (χ1n) is 6.18. The van der Waals surface area contributed by atoms with Crippen LogP contribution >= 0.6 is 0 Å². The minimum Gasteiger partial charge on any atom is -0.294 e. The van der Waals surface area contributed by atoms with Gasteiger partial charge in [-0.3, -0.25) is 4.79 Å². The van der Waals surface area contributed by atoms with Gasteiger partial charge in [-0.05, 0) is 25.2 Å². The summed E-state index contributed by atoms with van der Waals surface area (Å²) in [5.41, 5.74) is 0.821. The smallest absolute Gasteiger partial charge is 0.169 e. The molecule has 0 spiro atoms. The maximum absolute atomic E-state index is 12.3. The van der Waals surface area contributed by atoms with E-state index in [1.807, 2.05) is 36.4 Å². The van der Waals surface area contributed by atoms with Gasteiger partial charge in [0.15, 0.2) is 5.78 Å². The van der Waals surface area contributed by atoms with Crippen molar-refractivity contribution in [1.29, 1.82) is 0 Å². The van der Waals surface area contributed by atoms with Crippen molar-refractivity contribution in [3.63, 3.8) is 0 Å². The molecule has 0 saturated carbocycles. The number of Topliss-reactive ketones (excluding diaryl/α,β-unsaturated/α-hetero) is 1. The molecule has 0 bridgehead atoms. The van der Waals surface area contributed by atoms with Gasteiger partial charge >= 0.3 is 0 Å². The Hall–Kier alpha value is -1.63. The lowest BCUT2D eigenvalue weighted by Crippen LogP contribution is -2.19. The molecule has 1 aromatic rings. The molecule has 1 aromatic carbocycles. The first-order chi connectivity index (χ1) is 8.31. The molecule has 0 amide bonds. The number of carbonyl (C=O) groups excluding carboxylic acids is 1. The summed E-state index contributed by atoms with van der Waals surface area (Å²) >= 11 is 0. The van der Waals surface area contributed by atoms with Crippen molar-refractivity contribution in [1.82, 2.24) is 0 Å². The van der Waals surface area contributed by atoms with Crippen molar-refractivity contribution >= 4 is 5.78 Å². The number of rotatable bonds is 4. The summed E-state index contributed by atoms with van der Waals surface area (Å²) in [6.45, 7) is 3.77. The van der Waals surface area contributed by atoms with E-state index in [0.717, 1.165) is 24.8 Å². The van der Waals surface area contributed by atoms with Crippen molar-refractivity contribution in [3.05, 3.63) is 60.7 Å². The lowest BCUT2D eigenvalue weighted by Gasteiger charge is -2.22. The molecule has 17 heavy (non-hydrogen) atoms. The van der Waals surface area contributed by atoms with Crippen LogP contribution in [0.1, 0.15) is 29.6 Å². The Morgan fingerprint density at radius 2 is 2.12 bits per heavy atom. The molecule has 0 aliphatic heterocycles. The zero-order valence-corrected chi connectivity index (χ0v) is 10.0. The van der Waals surface area contributed by atoms with Crippen LogP contribution in [0.3, 0.4) is 0 Å². The fourth-order valence-electron chi connectivity index (χ4n) is 2.41. The third-order valence-electron chi connectivity index (χ3n) is 3.32. The van der Waals surface area contributed by atoms with Crippen LogP contribution in [0.2, 0.25) is 0 Å². The second-order valence-corrected chi connectivity index (χ2v) is 4.63. The van der Waals surface area contributed by atoms with Crippen LogP contribution in [0.5, 0.6) is 0 Å². The second kappa shape index (κ2) is 5.62. The molecule has 2 rings (SSSR count). The van der Waals surface area contributed by atoms with Crippen LogP contribution < -0.4 is 0 Å². The summed E-state index contributed by atoms with van der Waals surface area (Å²) in [7, 11) is 0. The highest BCUT2D eigenvalue weighted by molar-refractivity contribution is 5.98. The van der Waals surface area contributed by atoms with E-state index in [9.17, 15) is 4.79 Å². The molecule has 88 valence electrons. The number of allylic oxidation sites excluding steroid dienone is 3. The minimum atomic E-state index is 0.0519. The largest absolute Gasteiger partial charge is 0.294 e. The first kappa shape index (κ1) is 11.8. The van der Waals surface area contributed by atoms with Gasteiger partial charge in [0.2, 0.25) is 0 Å². The van der Waals surface area contributed by atoms with Gasteiger partial charge in [-0.1, -0.05) is 48.6 Å². The molecule has 0 radical (unpaired) electrons. The lowest BCUT2D eigenvalue weighted by molar-refractivity contribution is 0.0926. The van der Waals surface area contributed by atoms with Crippen molar-refractivity contribution < 1.29 is 4.79 Å². The Morgan fingerprint density at radius 3 is 2.82 bits per heavy atom. The predicted molar refractivity (Wildman–Crippen MR) is 70.9 cm³/mol. The molecule has 1 nitrogen and oxygen atoms in total. The van der Waals surface area contributed by atoms with E-state index in [2.05, 4.69) is 18.7 Å². The van der Waals surface area contributed by atoms with Gasteiger partial charge in [-0.25, -0.2) is 0 Å². The highest BCUT2D eigenvalue weighted by Crippen LogP contribution is 2.28. The molecule has 0 N–H and O–H groups in total. The van der Waals surface area contributed by atoms with E-state index in [-0.39, 0.29) is 11.7 Å². The Labute approximate surface area is 103 Å². The van der Waals surface area contributed by atoms with Crippen LogP contribution in [-0.2, 0) is 0 Å². The van der Waals surface area contributed by atoms with Gasteiger partial charge in [0.05, 0.1) is 0 Å². The normalized spacial score (nSPS) is 23.3. The topological polar surface area (TPSA) is 17.1 Å². The Balaban J connectivity index is 2.08. The highest BCUT2D eigenvalue weighted by atomic mass is 16.1. The number of hydrogen-bond acceptors (Lipinski definition) is 1. The SMILES string of the molecule is C=CCC1CC=CC(C(=O)c2ccccc2)C1. The molecule has 0 fully saturated rings. The molecule has 2 atom stereocenters. The maximum Gasteiger partial charge on any atom is 0.169 e. The zero-order valence-electron chi connectivity index (χ0n) is 10.0. The van der Waals surface area contributed by atoms with E-state index in [4.69, 9.17) is 0 Å². The average Bonchev–Trinajstić information content (AvgIpc) is 2.40. The second-order valence-electron chi connectivity index (χ2n) is 4.63. The average molecular weight is 226 g/mol. The Kier molecular flexibility index (Phi) is 3.92.